The first-order chi connectivity index (χ1) is 9.47. The molecule has 0 saturated heterocycles. The molecule has 1 aliphatic rings. The smallest absolute Gasteiger partial charge is 0.358 e. The van der Waals surface area contributed by atoms with Gasteiger partial charge in [-0.05, 0) is 24.6 Å². The number of nitrogens with zero attached hydrogens (tertiary/aromatic N) is 1. The highest BCUT2D eigenvalue weighted by Gasteiger charge is 2.30. The van der Waals surface area contributed by atoms with Gasteiger partial charge in [-0.15, -0.1) is 0 Å². The number of aromatic nitrogens is 1. The molecule has 1 amide bonds. The molecule has 0 spiro atoms. The van der Waals surface area contributed by atoms with E-state index in [1.54, 1.807) is 13.0 Å². The summed E-state index contributed by atoms with van der Waals surface area (Å²) in [5.74, 6) is -2.44. The summed E-state index contributed by atoms with van der Waals surface area (Å²) < 4.78 is 18.8. The average Bonchev–Trinajstić information content (AvgIpc) is 2.98. The number of fused-ring (bicyclic) bond motifs is 1. The maximum absolute atomic E-state index is 14.0. The Labute approximate surface area is 112 Å². The van der Waals surface area contributed by atoms with Crippen molar-refractivity contribution in [3.8, 4) is 11.3 Å². The normalized spacial score (nSPS) is 16.9. The van der Waals surface area contributed by atoms with Crippen LogP contribution < -0.4 is 5.32 Å². The molecule has 0 radical (unpaired) electrons. The van der Waals surface area contributed by atoms with E-state index in [4.69, 9.17) is 9.63 Å². The van der Waals surface area contributed by atoms with E-state index in [1.165, 1.54) is 12.1 Å². The first-order valence-electron chi connectivity index (χ1n) is 5.82. The molecule has 1 atom stereocenters. The van der Waals surface area contributed by atoms with Crippen molar-refractivity contribution in [2.24, 2.45) is 0 Å². The number of nitrogens with one attached hydrogen (secondary N) is 1. The van der Waals surface area contributed by atoms with Gasteiger partial charge in [0.05, 0.1) is 11.6 Å². The maximum atomic E-state index is 14.0. The third kappa shape index (κ3) is 1.75. The lowest BCUT2D eigenvalue weighted by molar-refractivity contribution is -0.116. The summed E-state index contributed by atoms with van der Waals surface area (Å²) in [6.07, 6.45) is 0. The fourth-order valence-corrected chi connectivity index (χ4v) is 2.13. The molecule has 7 heteroatoms. The van der Waals surface area contributed by atoms with Gasteiger partial charge >= 0.3 is 5.97 Å². The molecule has 3 rings (SSSR count). The van der Waals surface area contributed by atoms with Gasteiger partial charge in [-0.25, -0.2) is 9.18 Å². The van der Waals surface area contributed by atoms with E-state index in [1.807, 2.05) is 0 Å². The van der Waals surface area contributed by atoms with E-state index in [0.29, 0.717) is 11.1 Å². The third-order valence-electron chi connectivity index (χ3n) is 3.24. The SMILES string of the molecule is CC1C(=O)Nc2c(F)cc(-c3cc(C(=O)O)no3)cc21. The van der Waals surface area contributed by atoms with Crippen molar-refractivity contribution in [1.82, 2.24) is 5.16 Å². The summed E-state index contributed by atoms with van der Waals surface area (Å²) in [4.78, 5) is 22.3. The van der Waals surface area contributed by atoms with Gasteiger partial charge in [0.2, 0.25) is 5.91 Å². The van der Waals surface area contributed by atoms with E-state index in [9.17, 15) is 14.0 Å². The Morgan fingerprint density at radius 2 is 2.20 bits per heavy atom. The molecule has 0 saturated carbocycles. The molecule has 0 bridgehead atoms. The van der Waals surface area contributed by atoms with Crippen molar-refractivity contribution in [3.05, 3.63) is 35.3 Å². The number of anilines is 1. The lowest BCUT2D eigenvalue weighted by Gasteiger charge is -2.04. The minimum atomic E-state index is -1.23. The molecule has 1 unspecified atom stereocenters. The van der Waals surface area contributed by atoms with Crippen LogP contribution in [0.3, 0.4) is 0 Å². The van der Waals surface area contributed by atoms with Crippen molar-refractivity contribution in [2.45, 2.75) is 12.8 Å². The monoisotopic (exact) mass is 276 g/mol. The molecule has 1 aromatic heterocycles. The highest BCUT2D eigenvalue weighted by Crippen LogP contribution is 2.37. The summed E-state index contributed by atoms with van der Waals surface area (Å²) in [5, 5.41) is 14.6. The molecule has 20 heavy (non-hydrogen) atoms. The number of carbonyl (C=O) groups is 2. The van der Waals surface area contributed by atoms with Gasteiger partial charge in [0.15, 0.2) is 11.5 Å². The maximum Gasteiger partial charge on any atom is 0.358 e. The van der Waals surface area contributed by atoms with E-state index >= 15 is 0 Å². The highest BCUT2D eigenvalue weighted by molar-refractivity contribution is 6.03. The van der Waals surface area contributed by atoms with Crippen LogP contribution in [-0.4, -0.2) is 22.1 Å². The standard InChI is InChI=1S/C13H9FN2O4/c1-5-7-2-6(3-8(14)11(7)15-12(5)17)10-4-9(13(18)19)16-20-10/h2-5H,1H3,(H,15,17)(H,18,19). The van der Waals surface area contributed by atoms with Gasteiger partial charge in [0, 0.05) is 11.6 Å². The summed E-state index contributed by atoms with van der Waals surface area (Å²) in [7, 11) is 0. The van der Waals surface area contributed by atoms with Crippen LogP contribution in [0.15, 0.2) is 22.7 Å². The Morgan fingerprint density at radius 3 is 2.85 bits per heavy atom. The number of benzene rings is 1. The van der Waals surface area contributed by atoms with Crippen molar-refractivity contribution in [3.63, 3.8) is 0 Å². The van der Waals surface area contributed by atoms with Crippen LogP contribution in [0.5, 0.6) is 0 Å². The van der Waals surface area contributed by atoms with Crippen LogP contribution in [0.25, 0.3) is 11.3 Å². The zero-order chi connectivity index (χ0) is 14.4. The van der Waals surface area contributed by atoms with Gasteiger partial charge in [-0.1, -0.05) is 5.16 Å². The van der Waals surface area contributed by atoms with Crippen LogP contribution >= 0.6 is 0 Å². The van der Waals surface area contributed by atoms with Gasteiger partial charge in [0.1, 0.15) is 5.82 Å². The van der Waals surface area contributed by atoms with E-state index in [-0.39, 0.29) is 23.0 Å². The number of carbonyl (C=O) groups excluding carboxylic acids is 1. The van der Waals surface area contributed by atoms with Crippen molar-refractivity contribution in [2.75, 3.05) is 5.32 Å². The molecule has 0 aliphatic carbocycles. The number of hydrogen-bond donors (Lipinski definition) is 2. The average molecular weight is 276 g/mol. The molecular formula is C13H9FN2O4. The van der Waals surface area contributed by atoms with Gasteiger partial charge in [-0.3, -0.25) is 4.79 Å². The van der Waals surface area contributed by atoms with Crippen LogP contribution in [0.4, 0.5) is 10.1 Å². The van der Waals surface area contributed by atoms with E-state index in [0.717, 1.165) is 0 Å². The molecule has 6 nitrogen and oxygen atoms in total. The Bertz CT molecular complexity index is 738. The van der Waals surface area contributed by atoms with Gasteiger partial charge in [0.25, 0.3) is 0 Å². The van der Waals surface area contributed by atoms with Crippen LogP contribution in [0, 0.1) is 5.82 Å². The van der Waals surface area contributed by atoms with Crippen molar-refractivity contribution in [1.29, 1.82) is 0 Å². The molecule has 0 fully saturated rings. The first kappa shape index (κ1) is 12.3. The second kappa shape index (κ2) is 4.16. The molecule has 2 aromatic rings. The lowest BCUT2D eigenvalue weighted by Crippen LogP contribution is -2.08. The number of rotatable bonds is 2. The highest BCUT2D eigenvalue weighted by atomic mass is 19.1. The molecule has 2 heterocycles. The van der Waals surface area contributed by atoms with Crippen LogP contribution in [0.2, 0.25) is 0 Å². The quantitative estimate of drug-likeness (QED) is 0.877. The summed E-state index contributed by atoms with van der Waals surface area (Å²) >= 11 is 0. The fourth-order valence-electron chi connectivity index (χ4n) is 2.13. The molecule has 1 aromatic carbocycles. The number of amides is 1. The van der Waals surface area contributed by atoms with Crippen molar-refractivity contribution >= 4 is 17.6 Å². The Kier molecular flexibility index (Phi) is 2.56. The first-order valence-corrected chi connectivity index (χ1v) is 5.82. The summed E-state index contributed by atoms with van der Waals surface area (Å²) in [6.45, 7) is 1.66. The lowest BCUT2D eigenvalue weighted by atomic mass is 9.99. The predicted octanol–water partition coefficient (Wildman–Crippen LogP) is 2.23. The number of carboxylic acid groups (broad SMARTS) is 1. The molecule has 102 valence electrons. The second-order valence-electron chi connectivity index (χ2n) is 4.51. The number of aromatic carboxylic acids is 1. The minimum absolute atomic E-state index is 0.135. The van der Waals surface area contributed by atoms with Crippen LogP contribution in [-0.2, 0) is 4.79 Å². The van der Waals surface area contributed by atoms with Gasteiger partial charge < -0.3 is 14.9 Å². The van der Waals surface area contributed by atoms with Gasteiger partial charge in [-0.2, -0.15) is 0 Å². The summed E-state index contributed by atoms with van der Waals surface area (Å²) in [6, 6.07) is 3.97. The molecule has 2 N–H and O–H groups in total. The predicted molar refractivity (Wildman–Crippen MR) is 65.9 cm³/mol. The number of halogens is 1. The zero-order valence-electron chi connectivity index (χ0n) is 10.3. The second-order valence-corrected chi connectivity index (χ2v) is 4.51. The Hall–Kier alpha value is -2.70. The Morgan fingerprint density at radius 1 is 1.45 bits per heavy atom. The number of hydrogen-bond acceptors (Lipinski definition) is 4. The van der Waals surface area contributed by atoms with E-state index < -0.39 is 17.7 Å². The fraction of sp³-hybridized carbons (Fsp3) is 0.154. The van der Waals surface area contributed by atoms with Crippen molar-refractivity contribution < 1.29 is 23.6 Å². The Balaban J connectivity index is 2.10. The molecular weight excluding hydrogens is 267 g/mol. The topological polar surface area (TPSA) is 92.4 Å². The third-order valence-corrected chi connectivity index (χ3v) is 3.24. The van der Waals surface area contributed by atoms with Crippen LogP contribution in [0.1, 0.15) is 28.9 Å². The summed E-state index contributed by atoms with van der Waals surface area (Å²) in [5.41, 5.74) is 0.746. The molecule has 1 aliphatic heterocycles. The zero-order valence-corrected chi connectivity index (χ0v) is 10.3. The number of carboxylic acids is 1. The van der Waals surface area contributed by atoms with E-state index in [2.05, 4.69) is 10.5 Å². The minimum Gasteiger partial charge on any atom is -0.476 e. The largest absolute Gasteiger partial charge is 0.476 e.